The Morgan fingerprint density at radius 1 is 1.06 bits per heavy atom. The van der Waals surface area contributed by atoms with Gasteiger partial charge in [-0.15, -0.1) is 11.3 Å². The molecule has 6 nitrogen and oxygen atoms in total. The average Bonchev–Trinajstić information content (AvgIpc) is 3.38. The lowest BCUT2D eigenvalue weighted by molar-refractivity contribution is -0.134. The third-order valence-electron chi connectivity index (χ3n) is 6.39. The van der Waals surface area contributed by atoms with E-state index in [1.165, 1.54) is 5.56 Å². The maximum atomic E-state index is 13.7. The van der Waals surface area contributed by atoms with Gasteiger partial charge >= 0.3 is 0 Å². The molecule has 3 aromatic rings. The number of carbonyl (C=O) groups is 1. The van der Waals surface area contributed by atoms with Crippen LogP contribution < -0.4 is 9.47 Å². The minimum atomic E-state index is -0.179. The molecule has 7 heteroatoms. The van der Waals surface area contributed by atoms with Crippen molar-refractivity contribution in [3.63, 3.8) is 0 Å². The molecule has 2 aliphatic rings. The highest BCUT2D eigenvalue weighted by Crippen LogP contribution is 2.38. The number of benzene rings is 2. The number of hydrogen-bond acceptors (Lipinski definition) is 6. The molecule has 2 aromatic carbocycles. The van der Waals surface area contributed by atoms with Gasteiger partial charge in [0.2, 0.25) is 0 Å². The first-order valence-corrected chi connectivity index (χ1v) is 12.5. The lowest BCUT2D eigenvalue weighted by atomic mass is 10.0. The summed E-state index contributed by atoms with van der Waals surface area (Å²) in [5.74, 6) is 1.35. The Hall–Kier alpha value is -3.16. The SMILES string of the molecule is COc1ccc(C2CC(c3cccs3)=NN2C(=O)CN(Cc2ccccc2)C2CC2)cc1OC. The predicted octanol–water partition coefficient (Wildman–Crippen LogP) is 5.11. The van der Waals surface area contributed by atoms with Crippen LogP contribution in [0.5, 0.6) is 11.5 Å². The second-order valence-electron chi connectivity index (χ2n) is 8.72. The van der Waals surface area contributed by atoms with Gasteiger partial charge in [-0.1, -0.05) is 42.5 Å². The van der Waals surface area contributed by atoms with E-state index in [2.05, 4.69) is 23.1 Å². The summed E-state index contributed by atoms with van der Waals surface area (Å²) < 4.78 is 10.9. The number of rotatable bonds is 9. The van der Waals surface area contributed by atoms with Crippen LogP contribution in [0.1, 0.15) is 41.3 Å². The summed E-state index contributed by atoms with van der Waals surface area (Å²) in [6.07, 6.45) is 2.95. The van der Waals surface area contributed by atoms with E-state index in [0.29, 0.717) is 30.5 Å². The predicted molar refractivity (Wildman–Crippen MR) is 134 cm³/mol. The van der Waals surface area contributed by atoms with Crippen molar-refractivity contribution in [2.24, 2.45) is 5.10 Å². The van der Waals surface area contributed by atoms with Gasteiger partial charge in [-0.05, 0) is 47.5 Å². The second kappa shape index (κ2) is 9.99. The molecule has 5 rings (SSSR count). The fourth-order valence-corrected chi connectivity index (χ4v) is 5.19. The van der Waals surface area contributed by atoms with Gasteiger partial charge < -0.3 is 9.47 Å². The molecule has 1 saturated carbocycles. The van der Waals surface area contributed by atoms with Crippen molar-refractivity contribution in [3.8, 4) is 11.5 Å². The van der Waals surface area contributed by atoms with Gasteiger partial charge in [0, 0.05) is 19.0 Å². The van der Waals surface area contributed by atoms with Crippen molar-refractivity contribution in [2.75, 3.05) is 20.8 Å². The van der Waals surface area contributed by atoms with Gasteiger partial charge in [0.25, 0.3) is 5.91 Å². The van der Waals surface area contributed by atoms with Crippen LogP contribution in [0.25, 0.3) is 0 Å². The Morgan fingerprint density at radius 2 is 1.85 bits per heavy atom. The number of thiophene rings is 1. The fraction of sp³-hybridized carbons (Fsp3) is 0.333. The summed E-state index contributed by atoms with van der Waals surface area (Å²) in [7, 11) is 3.25. The summed E-state index contributed by atoms with van der Waals surface area (Å²) >= 11 is 1.65. The number of hydrazone groups is 1. The first kappa shape index (κ1) is 22.6. The van der Waals surface area contributed by atoms with Crippen LogP contribution in [0, 0.1) is 0 Å². The van der Waals surface area contributed by atoms with Gasteiger partial charge in [-0.3, -0.25) is 9.69 Å². The van der Waals surface area contributed by atoms with Crippen molar-refractivity contribution >= 4 is 23.0 Å². The van der Waals surface area contributed by atoms with E-state index in [9.17, 15) is 4.79 Å². The molecule has 1 unspecified atom stereocenters. The van der Waals surface area contributed by atoms with Crippen molar-refractivity contribution in [1.82, 2.24) is 9.91 Å². The van der Waals surface area contributed by atoms with Crippen LogP contribution in [-0.2, 0) is 11.3 Å². The van der Waals surface area contributed by atoms with Crippen molar-refractivity contribution < 1.29 is 14.3 Å². The maximum Gasteiger partial charge on any atom is 0.257 e. The zero-order valence-electron chi connectivity index (χ0n) is 19.5. The average molecular weight is 476 g/mol. The van der Waals surface area contributed by atoms with E-state index in [1.807, 2.05) is 47.8 Å². The highest BCUT2D eigenvalue weighted by molar-refractivity contribution is 7.12. The number of carbonyl (C=O) groups excluding carboxylic acids is 1. The lowest BCUT2D eigenvalue weighted by Crippen LogP contribution is -2.39. The van der Waals surface area contributed by atoms with Crippen molar-refractivity contribution in [3.05, 3.63) is 82.0 Å². The summed E-state index contributed by atoms with van der Waals surface area (Å²) in [6, 6.07) is 20.6. The molecule has 1 amide bonds. The zero-order chi connectivity index (χ0) is 23.5. The molecule has 2 heterocycles. The second-order valence-corrected chi connectivity index (χ2v) is 9.67. The van der Waals surface area contributed by atoms with Gasteiger partial charge in [0.15, 0.2) is 11.5 Å². The topological polar surface area (TPSA) is 54.4 Å². The number of hydrogen-bond donors (Lipinski definition) is 0. The number of amides is 1. The molecule has 176 valence electrons. The normalized spacial score (nSPS) is 17.7. The first-order valence-electron chi connectivity index (χ1n) is 11.6. The zero-order valence-corrected chi connectivity index (χ0v) is 20.3. The third kappa shape index (κ3) is 4.86. The fourth-order valence-electron chi connectivity index (χ4n) is 4.47. The summed E-state index contributed by atoms with van der Waals surface area (Å²) in [6.45, 7) is 1.12. The monoisotopic (exact) mass is 475 g/mol. The quantitative estimate of drug-likeness (QED) is 0.432. The number of nitrogens with zero attached hydrogens (tertiary/aromatic N) is 3. The van der Waals surface area contributed by atoms with Gasteiger partial charge in [0.1, 0.15) is 0 Å². The standard InChI is InChI=1S/C27H29N3O3S/c1-32-24-13-10-20(15-25(24)33-2)23-16-22(26-9-6-14-34-26)28-30(23)27(31)18-29(21-11-12-21)17-19-7-4-3-5-8-19/h3-10,13-15,21,23H,11-12,16-18H2,1-2H3. The van der Waals surface area contributed by atoms with E-state index < -0.39 is 0 Å². The number of ether oxygens (including phenoxy) is 2. The van der Waals surface area contributed by atoms with Crippen LogP contribution >= 0.6 is 11.3 Å². The molecule has 1 aliphatic carbocycles. The molecule has 0 bridgehead atoms. The summed E-state index contributed by atoms with van der Waals surface area (Å²) in [5, 5.41) is 8.57. The Morgan fingerprint density at radius 3 is 2.53 bits per heavy atom. The van der Waals surface area contributed by atoms with Crippen LogP contribution in [-0.4, -0.2) is 48.3 Å². The minimum absolute atomic E-state index is 0.0224. The first-order chi connectivity index (χ1) is 16.7. The molecular weight excluding hydrogens is 446 g/mol. The summed E-state index contributed by atoms with van der Waals surface area (Å²) in [4.78, 5) is 17.1. The molecular formula is C27H29N3O3S. The molecule has 0 radical (unpaired) electrons. The molecule has 0 spiro atoms. The van der Waals surface area contributed by atoms with E-state index in [4.69, 9.17) is 14.6 Å². The Kier molecular flexibility index (Phi) is 6.65. The molecule has 1 fully saturated rings. The van der Waals surface area contributed by atoms with Crippen LogP contribution in [0.4, 0.5) is 0 Å². The highest BCUT2D eigenvalue weighted by Gasteiger charge is 2.37. The van der Waals surface area contributed by atoms with Gasteiger partial charge in [-0.2, -0.15) is 5.10 Å². The minimum Gasteiger partial charge on any atom is -0.493 e. The molecule has 1 aromatic heterocycles. The molecule has 1 aliphatic heterocycles. The van der Waals surface area contributed by atoms with Crippen LogP contribution in [0.15, 0.2) is 71.1 Å². The third-order valence-corrected chi connectivity index (χ3v) is 7.31. The van der Waals surface area contributed by atoms with Gasteiger partial charge in [-0.25, -0.2) is 5.01 Å². The Labute approximate surface area is 204 Å². The lowest BCUT2D eigenvalue weighted by Gasteiger charge is -2.27. The maximum absolute atomic E-state index is 13.7. The Balaban J connectivity index is 1.41. The summed E-state index contributed by atoms with van der Waals surface area (Å²) in [5.41, 5.74) is 3.16. The van der Waals surface area contributed by atoms with Crippen molar-refractivity contribution in [1.29, 1.82) is 0 Å². The number of methoxy groups -OCH3 is 2. The molecule has 34 heavy (non-hydrogen) atoms. The highest BCUT2D eigenvalue weighted by atomic mass is 32.1. The molecule has 0 N–H and O–H groups in total. The van der Waals surface area contributed by atoms with E-state index in [1.54, 1.807) is 30.6 Å². The van der Waals surface area contributed by atoms with E-state index >= 15 is 0 Å². The van der Waals surface area contributed by atoms with Crippen LogP contribution in [0.2, 0.25) is 0 Å². The Bertz CT molecular complexity index is 1160. The largest absolute Gasteiger partial charge is 0.493 e. The smallest absolute Gasteiger partial charge is 0.257 e. The molecule has 1 atom stereocenters. The van der Waals surface area contributed by atoms with Gasteiger partial charge in [0.05, 0.1) is 37.4 Å². The molecule has 0 saturated heterocycles. The van der Waals surface area contributed by atoms with E-state index in [0.717, 1.165) is 35.5 Å². The van der Waals surface area contributed by atoms with E-state index in [-0.39, 0.29) is 11.9 Å². The van der Waals surface area contributed by atoms with Crippen LogP contribution in [0.3, 0.4) is 0 Å². The van der Waals surface area contributed by atoms with Crippen molar-refractivity contribution in [2.45, 2.75) is 37.9 Å².